The predicted octanol–water partition coefficient (Wildman–Crippen LogP) is 2.98. The van der Waals surface area contributed by atoms with Crippen LogP contribution in [0.15, 0.2) is 18.2 Å². The number of carbonyl (C=O) groups excluding carboxylic acids is 1. The Bertz CT molecular complexity index is 740. The van der Waals surface area contributed by atoms with Crippen molar-refractivity contribution in [1.29, 1.82) is 0 Å². The topological polar surface area (TPSA) is 106 Å². The molecule has 2 aromatic rings. The zero-order valence-electron chi connectivity index (χ0n) is 13.6. The minimum Gasteiger partial charge on any atom is -0.383 e. The van der Waals surface area contributed by atoms with Gasteiger partial charge >= 0.3 is 0 Å². The molecule has 0 spiro atoms. The summed E-state index contributed by atoms with van der Waals surface area (Å²) in [6, 6.07) is 4.30. The fraction of sp³-hybridized carbons (Fsp3) is 0.333. The number of nitrogens with zero attached hydrogens (tertiary/aromatic N) is 2. The molecule has 0 saturated carbocycles. The van der Waals surface area contributed by atoms with E-state index in [0.717, 1.165) is 10.6 Å². The van der Waals surface area contributed by atoms with Gasteiger partial charge in [-0.25, -0.2) is 4.98 Å². The van der Waals surface area contributed by atoms with Gasteiger partial charge in [-0.2, -0.15) is 0 Å². The fourth-order valence-corrected chi connectivity index (χ4v) is 2.77. The summed E-state index contributed by atoms with van der Waals surface area (Å²) in [5.74, 6) is -0.435. The molecule has 1 amide bonds. The van der Waals surface area contributed by atoms with Crippen LogP contribution in [0.4, 0.5) is 16.5 Å². The van der Waals surface area contributed by atoms with Crippen LogP contribution in [0.1, 0.15) is 20.9 Å². The van der Waals surface area contributed by atoms with Crippen LogP contribution in [0.5, 0.6) is 0 Å². The van der Waals surface area contributed by atoms with Gasteiger partial charge < -0.3 is 10.1 Å². The normalized spacial score (nSPS) is 10.5. The maximum atomic E-state index is 12.3. The highest BCUT2D eigenvalue weighted by atomic mass is 32.1. The van der Waals surface area contributed by atoms with E-state index < -0.39 is 10.8 Å². The molecule has 24 heavy (non-hydrogen) atoms. The monoisotopic (exact) mass is 350 g/mol. The third-order valence-electron chi connectivity index (χ3n) is 3.33. The summed E-state index contributed by atoms with van der Waals surface area (Å²) in [6.07, 6.45) is 0. The van der Waals surface area contributed by atoms with Gasteiger partial charge in [0.25, 0.3) is 11.6 Å². The minimum atomic E-state index is -0.524. The van der Waals surface area contributed by atoms with E-state index in [1.807, 2.05) is 13.8 Å². The van der Waals surface area contributed by atoms with Crippen molar-refractivity contribution in [3.8, 4) is 0 Å². The number of hydrogen-bond donors (Lipinski definition) is 2. The van der Waals surface area contributed by atoms with Crippen LogP contribution in [-0.4, -0.2) is 36.1 Å². The Balaban J connectivity index is 2.18. The molecule has 0 unspecified atom stereocenters. The molecule has 1 heterocycles. The Morgan fingerprint density at radius 1 is 1.42 bits per heavy atom. The van der Waals surface area contributed by atoms with Crippen molar-refractivity contribution in [2.75, 3.05) is 30.9 Å². The number of aromatic nitrogens is 1. The quantitative estimate of drug-likeness (QED) is 0.452. The second-order valence-corrected chi connectivity index (χ2v) is 6.23. The number of methoxy groups -OCH3 is 1. The van der Waals surface area contributed by atoms with Crippen molar-refractivity contribution in [2.45, 2.75) is 13.8 Å². The number of nitro benzene ring substituents is 1. The second kappa shape index (κ2) is 7.84. The second-order valence-electron chi connectivity index (χ2n) is 5.02. The van der Waals surface area contributed by atoms with E-state index in [1.54, 1.807) is 7.11 Å². The first-order chi connectivity index (χ1) is 11.4. The lowest BCUT2D eigenvalue weighted by molar-refractivity contribution is -0.384. The largest absolute Gasteiger partial charge is 0.383 e. The molecule has 128 valence electrons. The fourth-order valence-electron chi connectivity index (χ4n) is 1.96. The standard InChI is InChI=1S/C15H18N4O4S/c1-9-10(2)24-15(17-9)18-14(20)11-4-5-12(16-6-7-23-3)13(8-11)19(21)22/h4-5,8,16H,6-7H2,1-3H3,(H,17,18,20). The van der Waals surface area contributed by atoms with Crippen LogP contribution in [0, 0.1) is 24.0 Å². The molecule has 0 aliphatic heterocycles. The van der Waals surface area contributed by atoms with E-state index in [9.17, 15) is 14.9 Å². The molecular weight excluding hydrogens is 332 g/mol. The predicted molar refractivity (Wildman–Crippen MR) is 93.0 cm³/mol. The third kappa shape index (κ3) is 4.27. The maximum Gasteiger partial charge on any atom is 0.293 e. The first-order valence-corrected chi connectivity index (χ1v) is 8.00. The van der Waals surface area contributed by atoms with E-state index in [-0.39, 0.29) is 11.3 Å². The summed E-state index contributed by atoms with van der Waals surface area (Å²) in [5, 5.41) is 17.3. The van der Waals surface area contributed by atoms with Crippen molar-refractivity contribution in [2.24, 2.45) is 0 Å². The molecule has 0 aliphatic rings. The van der Waals surface area contributed by atoms with Crippen molar-refractivity contribution >= 4 is 33.8 Å². The van der Waals surface area contributed by atoms with Gasteiger partial charge in [-0.05, 0) is 26.0 Å². The average Bonchev–Trinajstić information content (AvgIpc) is 2.85. The minimum absolute atomic E-state index is 0.162. The van der Waals surface area contributed by atoms with Gasteiger partial charge in [0, 0.05) is 30.2 Å². The van der Waals surface area contributed by atoms with E-state index in [1.165, 1.54) is 29.5 Å². The smallest absolute Gasteiger partial charge is 0.293 e. The molecule has 1 aromatic heterocycles. The van der Waals surface area contributed by atoms with Crippen molar-refractivity contribution < 1.29 is 14.5 Å². The molecule has 0 atom stereocenters. The van der Waals surface area contributed by atoms with Gasteiger partial charge in [0.2, 0.25) is 0 Å². The van der Waals surface area contributed by atoms with Gasteiger partial charge in [0.15, 0.2) is 5.13 Å². The van der Waals surface area contributed by atoms with Gasteiger partial charge in [0.05, 0.1) is 17.2 Å². The number of nitro groups is 1. The molecule has 0 bridgehead atoms. The summed E-state index contributed by atoms with van der Waals surface area (Å²) < 4.78 is 4.90. The van der Waals surface area contributed by atoms with E-state index in [0.29, 0.717) is 24.0 Å². The zero-order chi connectivity index (χ0) is 17.7. The number of carbonyl (C=O) groups is 1. The first kappa shape index (κ1) is 17.8. The van der Waals surface area contributed by atoms with Crippen LogP contribution in [-0.2, 0) is 4.74 Å². The van der Waals surface area contributed by atoms with Crippen molar-refractivity contribution in [3.63, 3.8) is 0 Å². The Morgan fingerprint density at radius 2 is 2.17 bits per heavy atom. The van der Waals surface area contributed by atoms with E-state index in [2.05, 4.69) is 15.6 Å². The van der Waals surface area contributed by atoms with E-state index >= 15 is 0 Å². The third-order valence-corrected chi connectivity index (χ3v) is 4.32. The number of anilines is 2. The highest BCUT2D eigenvalue weighted by molar-refractivity contribution is 7.15. The van der Waals surface area contributed by atoms with Crippen LogP contribution in [0.3, 0.4) is 0 Å². The number of ether oxygens (including phenoxy) is 1. The summed E-state index contributed by atoms with van der Waals surface area (Å²) in [6.45, 7) is 4.61. The summed E-state index contributed by atoms with van der Waals surface area (Å²) >= 11 is 1.36. The first-order valence-electron chi connectivity index (χ1n) is 7.19. The van der Waals surface area contributed by atoms with Crippen molar-refractivity contribution in [1.82, 2.24) is 4.98 Å². The lowest BCUT2D eigenvalue weighted by Crippen LogP contribution is -2.13. The molecule has 0 aliphatic carbocycles. The molecule has 9 heteroatoms. The number of hydrogen-bond acceptors (Lipinski definition) is 7. The van der Waals surface area contributed by atoms with Gasteiger partial charge in [-0.15, -0.1) is 11.3 Å². The van der Waals surface area contributed by atoms with Gasteiger partial charge in [-0.1, -0.05) is 0 Å². The highest BCUT2D eigenvalue weighted by Gasteiger charge is 2.18. The number of amides is 1. The lowest BCUT2D eigenvalue weighted by atomic mass is 10.1. The molecule has 0 fully saturated rings. The zero-order valence-corrected chi connectivity index (χ0v) is 14.4. The number of aryl methyl sites for hydroxylation is 2. The Labute approximate surface area is 143 Å². The molecule has 0 radical (unpaired) electrons. The number of thiazole rings is 1. The summed E-state index contributed by atoms with van der Waals surface area (Å²) in [5.41, 5.74) is 1.23. The lowest BCUT2D eigenvalue weighted by Gasteiger charge is -2.08. The molecule has 2 N–H and O–H groups in total. The van der Waals surface area contributed by atoms with Crippen LogP contribution in [0.2, 0.25) is 0 Å². The van der Waals surface area contributed by atoms with Crippen molar-refractivity contribution in [3.05, 3.63) is 44.4 Å². The number of rotatable bonds is 7. The molecule has 2 rings (SSSR count). The molecule has 8 nitrogen and oxygen atoms in total. The summed E-state index contributed by atoms with van der Waals surface area (Å²) in [7, 11) is 1.55. The van der Waals surface area contributed by atoms with Gasteiger partial charge in [-0.3, -0.25) is 20.2 Å². The SMILES string of the molecule is COCCNc1ccc(C(=O)Nc2nc(C)c(C)s2)cc1[N+](=O)[O-]. The van der Waals surface area contributed by atoms with Crippen LogP contribution in [0.25, 0.3) is 0 Å². The van der Waals surface area contributed by atoms with E-state index in [4.69, 9.17) is 4.74 Å². The number of nitrogens with one attached hydrogen (secondary N) is 2. The Hall–Kier alpha value is -2.52. The number of benzene rings is 1. The van der Waals surface area contributed by atoms with Crippen LogP contribution >= 0.6 is 11.3 Å². The Morgan fingerprint density at radius 3 is 2.75 bits per heavy atom. The molecule has 1 aromatic carbocycles. The highest BCUT2D eigenvalue weighted by Crippen LogP contribution is 2.27. The summed E-state index contributed by atoms with van der Waals surface area (Å²) in [4.78, 5) is 28.2. The molecule has 0 saturated heterocycles. The molecular formula is C15H18N4O4S. The van der Waals surface area contributed by atoms with Crippen LogP contribution < -0.4 is 10.6 Å². The average molecular weight is 350 g/mol. The maximum absolute atomic E-state index is 12.3. The Kier molecular flexibility index (Phi) is 5.83. The van der Waals surface area contributed by atoms with Gasteiger partial charge in [0.1, 0.15) is 5.69 Å².